The number of carbonyl (C=O) groups excluding carboxylic acids is 1. The number of hydrogen-bond acceptors (Lipinski definition) is 3. The average Bonchev–Trinajstić information content (AvgIpc) is 2.82. The second-order valence-electron chi connectivity index (χ2n) is 6.12. The number of halogens is 1. The smallest absolute Gasteiger partial charge is 0.349 e. The number of benzene rings is 1. The molecule has 0 unspecified atom stereocenters. The lowest BCUT2D eigenvalue weighted by Crippen LogP contribution is -2.36. The van der Waals surface area contributed by atoms with E-state index in [1.54, 1.807) is 12.1 Å². The second-order valence-corrected chi connectivity index (χ2v) is 6.38. The Morgan fingerprint density at radius 2 is 1.91 bits per heavy atom. The second kappa shape index (κ2) is 7.18. The topological polar surface area (TPSA) is 59.3 Å². The fourth-order valence-corrected chi connectivity index (χ4v) is 3.27. The van der Waals surface area contributed by atoms with Crippen LogP contribution < -0.4 is 10.9 Å². The molecule has 0 bridgehead atoms. The molecule has 0 radical (unpaired) electrons. The fraction of sp³-hybridized carbons (Fsp3) is 0.444. The van der Waals surface area contributed by atoms with Gasteiger partial charge in [0.25, 0.3) is 5.91 Å². The van der Waals surface area contributed by atoms with Crippen LogP contribution in [0.25, 0.3) is 11.0 Å². The van der Waals surface area contributed by atoms with Gasteiger partial charge in [-0.25, -0.2) is 4.79 Å². The summed E-state index contributed by atoms with van der Waals surface area (Å²) in [6.45, 7) is 0. The highest BCUT2D eigenvalue weighted by Gasteiger charge is 2.19. The number of nitrogens with one attached hydrogen (secondary N) is 1. The Hall–Kier alpha value is -1.81. The Labute approximate surface area is 139 Å². The quantitative estimate of drug-likeness (QED) is 0.525. The summed E-state index contributed by atoms with van der Waals surface area (Å²) in [5.41, 5.74) is 0.855. The summed E-state index contributed by atoms with van der Waals surface area (Å²) < 4.78 is 5.27. The normalized spacial score (nSPS) is 16.2. The molecule has 1 heterocycles. The van der Waals surface area contributed by atoms with E-state index in [1.165, 1.54) is 12.8 Å². The van der Waals surface area contributed by atoms with Gasteiger partial charge in [0, 0.05) is 17.3 Å². The van der Waals surface area contributed by atoms with Crippen molar-refractivity contribution in [1.29, 1.82) is 0 Å². The predicted molar refractivity (Wildman–Crippen MR) is 91.0 cm³/mol. The van der Waals surface area contributed by atoms with E-state index in [-0.39, 0.29) is 17.5 Å². The van der Waals surface area contributed by atoms with Crippen LogP contribution in [-0.2, 0) is 5.88 Å². The minimum Gasteiger partial charge on any atom is -0.422 e. The van der Waals surface area contributed by atoms with Gasteiger partial charge in [-0.2, -0.15) is 0 Å². The van der Waals surface area contributed by atoms with Gasteiger partial charge in [0.1, 0.15) is 11.1 Å². The summed E-state index contributed by atoms with van der Waals surface area (Å²) in [7, 11) is 0. The van der Waals surface area contributed by atoms with Crippen LogP contribution in [0.4, 0.5) is 0 Å². The number of carbonyl (C=O) groups is 1. The molecule has 122 valence electrons. The third-order valence-corrected chi connectivity index (χ3v) is 4.69. The van der Waals surface area contributed by atoms with Crippen molar-refractivity contribution in [3.8, 4) is 0 Å². The minimum atomic E-state index is -0.595. The van der Waals surface area contributed by atoms with Crippen molar-refractivity contribution < 1.29 is 9.21 Å². The Kier molecular flexibility index (Phi) is 5.01. The maximum atomic E-state index is 12.4. The van der Waals surface area contributed by atoms with Crippen LogP contribution >= 0.6 is 11.6 Å². The molecule has 3 rings (SSSR count). The summed E-state index contributed by atoms with van der Waals surface area (Å²) in [6, 6.07) is 7.11. The molecule has 1 N–H and O–H groups in total. The summed E-state index contributed by atoms with van der Waals surface area (Å²) in [5, 5.41) is 3.70. The van der Waals surface area contributed by atoms with Crippen LogP contribution in [-0.4, -0.2) is 11.9 Å². The third-order valence-electron chi connectivity index (χ3n) is 4.39. The molecule has 0 spiro atoms. The highest BCUT2D eigenvalue weighted by atomic mass is 35.5. The van der Waals surface area contributed by atoms with Crippen LogP contribution in [0.15, 0.2) is 33.5 Å². The molecule has 1 aliphatic rings. The third kappa shape index (κ3) is 3.75. The van der Waals surface area contributed by atoms with E-state index >= 15 is 0 Å². The monoisotopic (exact) mass is 333 g/mol. The minimum absolute atomic E-state index is 0.0634. The van der Waals surface area contributed by atoms with E-state index in [1.807, 2.05) is 12.1 Å². The molecule has 1 saturated carbocycles. The zero-order chi connectivity index (χ0) is 16.2. The highest BCUT2D eigenvalue weighted by molar-refractivity contribution is 6.17. The molecule has 1 fully saturated rings. The highest BCUT2D eigenvalue weighted by Crippen LogP contribution is 2.19. The summed E-state index contributed by atoms with van der Waals surface area (Å²) in [5.74, 6) is 0.0300. The number of alkyl halides is 1. The van der Waals surface area contributed by atoms with Crippen molar-refractivity contribution in [1.82, 2.24) is 5.32 Å². The molecular weight excluding hydrogens is 314 g/mol. The Morgan fingerprint density at radius 3 is 2.61 bits per heavy atom. The van der Waals surface area contributed by atoms with Gasteiger partial charge in [-0.3, -0.25) is 4.79 Å². The molecule has 0 saturated heterocycles. The SMILES string of the molecule is O=C(NC1CCCCCC1)c1cc2cc(CCl)ccc2oc1=O. The summed E-state index contributed by atoms with van der Waals surface area (Å²) in [6.07, 6.45) is 6.62. The van der Waals surface area contributed by atoms with Gasteiger partial charge in [-0.1, -0.05) is 31.7 Å². The Balaban J connectivity index is 1.86. The fourth-order valence-electron chi connectivity index (χ4n) is 3.10. The lowest BCUT2D eigenvalue weighted by Gasteiger charge is -2.15. The molecule has 0 aliphatic heterocycles. The standard InChI is InChI=1S/C18H20ClNO3/c19-11-12-7-8-16-13(9-12)10-15(18(22)23-16)17(21)20-14-5-3-1-2-4-6-14/h7-10,14H,1-6,11H2,(H,20,21). The lowest BCUT2D eigenvalue weighted by atomic mass is 10.1. The Morgan fingerprint density at radius 1 is 1.17 bits per heavy atom. The first-order valence-corrected chi connectivity index (χ1v) is 8.64. The van der Waals surface area contributed by atoms with Gasteiger partial charge in [0.2, 0.25) is 0 Å². The zero-order valence-electron chi connectivity index (χ0n) is 12.9. The molecular formula is C18H20ClNO3. The molecule has 5 heteroatoms. The molecule has 1 aliphatic carbocycles. The van der Waals surface area contributed by atoms with Crippen LogP contribution in [0.3, 0.4) is 0 Å². The van der Waals surface area contributed by atoms with Gasteiger partial charge in [0.15, 0.2) is 0 Å². The van der Waals surface area contributed by atoms with E-state index in [4.69, 9.17) is 16.0 Å². The first-order valence-electron chi connectivity index (χ1n) is 8.11. The Bertz CT molecular complexity index is 760. The van der Waals surface area contributed by atoms with Crippen LogP contribution in [0.1, 0.15) is 54.4 Å². The van der Waals surface area contributed by atoms with Crippen molar-refractivity contribution in [3.63, 3.8) is 0 Å². The van der Waals surface area contributed by atoms with Gasteiger partial charge in [-0.05, 0) is 36.6 Å². The van der Waals surface area contributed by atoms with Gasteiger partial charge >= 0.3 is 5.63 Å². The average molecular weight is 334 g/mol. The first kappa shape index (κ1) is 16.1. The van der Waals surface area contributed by atoms with Crippen LogP contribution in [0.2, 0.25) is 0 Å². The van der Waals surface area contributed by atoms with Gasteiger partial charge in [-0.15, -0.1) is 11.6 Å². The van der Waals surface area contributed by atoms with Crippen LogP contribution in [0.5, 0.6) is 0 Å². The van der Waals surface area contributed by atoms with E-state index < -0.39 is 5.63 Å². The molecule has 2 aromatic rings. The molecule has 4 nitrogen and oxygen atoms in total. The molecule has 1 aromatic heterocycles. The molecule has 1 amide bonds. The number of rotatable bonds is 3. The van der Waals surface area contributed by atoms with E-state index in [0.717, 1.165) is 31.2 Å². The first-order chi connectivity index (χ1) is 11.2. The number of amides is 1. The zero-order valence-corrected chi connectivity index (χ0v) is 13.7. The van der Waals surface area contributed by atoms with Gasteiger partial charge in [0.05, 0.1) is 0 Å². The van der Waals surface area contributed by atoms with Crippen molar-refractivity contribution >= 4 is 28.5 Å². The van der Waals surface area contributed by atoms with E-state index in [9.17, 15) is 9.59 Å². The maximum Gasteiger partial charge on any atom is 0.349 e. The lowest BCUT2D eigenvalue weighted by molar-refractivity contribution is 0.0930. The van der Waals surface area contributed by atoms with E-state index in [0.29, 0.717) is 16.8 Å². The van der Waals surface area contributed by atoms with Crippen molar-refractivity contribution in [2.45, 2.75) is 50.4 Å². The summed E-state index contributed by atoms with van der Waals surface area (Å²) >= 11 is 5.83. The van der Waals surface area contributed by atoms with Gasteiger partial charge < -0.3 is 9.73 Å². The largest absolute Gasteiger partial charge is 0.422 e. The summed E-state index contributed by atoms with van der Waals surface area (Å²) in [4.78, 5) is 24.5. The molecule has 1 aromatic carbocycles. The molecule has 23 heavy (non-hydrogen) atoms. The van der Waals surface area contributed by atoms with Crippen molar-refractivity contribution in [2.75, 3.05) is 0 Å². The number of fused-ring (bicyclic) bond motifs is 1. The van der Waals surface area contributed by atoms with Crippen LogP contribution in [0, 0.1) is 0 Å². The predicted octanol–water partition coefficient (Wildman–Crippen LogP) is 3.98. The van der Waals surface area contributed by atoms with Crippen molar-refractivity contribution in [2.24, 2.45) is 0 Å². The van der Waals surface area contributed by atoms with Crippen molar-refractivity contribution in [3.05, 3.63) is 45.8 Å². The molecule has 0 atom stereocenters. The van der Waals surface area contributed by atoms with E-state index in [2.05, 4.69) is 5.32 Å². The number of hydrogen-bond donors (Lipinski definition) is 1. The maximum absolute atomic E-state index is 12.4.